The highest BCUT2D eigenvalue weighted by molar-refractivity contribution is 5.85. The minimum atomic E-state index is 0. The van der Waals surface area contributed by atoms with Gasteiger partial charge in [0.2, 0.25) is 5.91 Å². The maximum Gasteiger partial charge on any atom is 0.225 e. The standard InChI is InChI=1S/C12H24N2O.ClH/c1-9(2)8-14(4)12(15)11-5-6-13-10(3)7-11;/h9-11,13H,5-8H2,1-4H3;1H/t10-,11-;/m0./s1. The molecule has 1 N–H and O–H groups in total. The van der Waals surface area contributed by atoms with Crippen LogP contribution in [0.4, 0.5) is 0 Å². The molecule has 0 saturated carbocycles. The summed E-state index contributed by atoms with van der Waals surface area (Å²) >= 11 is 0. The first-order valence-corrected chi connectivity index (χ1v) is 5.99. The Morgan fingerprint density at radius 1 is 1.50 bits per heavy atom. The molecule has 0 spiro atoms. The molecule has 0 aliphatic carbocycles. The average Bonchev–Trinajstić information content (AvgIpc) is 2.15. The fourth-order valence-electron chi connectivity index (χ4n) is 2.31. The van der Waals surface area contributed by atoms with Crippen molar-refractivity contribution in [3.63, 3.8) is 0 Å². The Morgan fingerprint density at radius 3 is 2.62 bits per heavy atom. The Balaban J connectivity index is 0.00000225. The Hall–Kier alpha value is -0.280. The van der Waals surface area contributed by atoms with Crippen molar-refractivity contribution in [2.75, 3.05) is 20.1 Å². The number of halogens is 1. The van der Waals surface area contributed by atoms with Crippen LogP contribution in [-0.2, 0) is 4.79 Å². The van der Waals surface area contributed by atoms with Crippen molar-refractivity contribution in [2.24, 2.45) is 11.8 Å². The molecule has 1 rings (SSSR count). The fraction of sp³-hybridized carbons (Fsp3) is 0.917. The second-order valence-corrected chi connectivity index (χ2v) is 5.19. The molecule has 96 valence electrons. The van der Waals surface area contributed by atoms with Gasteiger partial charge in [0, 0.05) is 25.6 Å². The van der Waals surface area contributed by atoms with Crippen LogP contribution in [-0.4, -0.2) is 37.0 Å². The van der Waals surface area contributed by atoms with Crippen molar-refractivity contribution in [3.05, 3.63) is 0 Å². The second-order valence-electron chi connectivity index (χ2n) is 5.19. The molecule has 4 heteroatoms. The largest absolute Gasteiger partial charge is 0.345 e. The molecule has 1 saturated heterocycles. The first kappa shape index (κ1) is 15.7. The van der Waals surface area contributed by atoms with Crippen LogP contribution in [0.3, 0.4) is 0 Å². The first-order chi connectivity index (χ1) is 7.00. The number of hydrogen-bond acceptors (Lipinski definition) is 2. The monoisotopic (exact) mass is 248 g/mol. The molecule has 0 unspecified atom stereocenters. The van der Waals surface area contributed by atoms with E-state index in [0.717, 1.165) is 25.9 Å². The Morgan fingerprint density at radius 2 is 2.12 bits per heavy atom. The van der Waals surface area contributed by atoms with Gasteiger partial charge in [0.05, 0.1) is 0 Å². The molecule has 0 aromatic carbocycles. The average molecular weight is 249 g/mol. The van der Waals surface area contributed by atoms with Gasteiger partial charge in [0.1, 0.15) is 0 Å². The summed E-state index contributed by atoms with van der Waals surface area (Å²) in [5.41, 5.74) is 0. The molecule has 0 radical (unpaired) electrons. The lowest BCUT2D eigenvalue weighted by molar-refractivity contribution is -0.135. The highest BCUT2D eigenvalue weighted by Crippen LogP contribution is 2.18. The van der Waals surface area contributed by atoms with Crippen LogP contribution in [0.5, 0.6) is 0 Å². The molecule has 1 heterocycles. The lowest BCUT2D eigenvalue weighted by Crippen LogP contribution is -2.43. The highest BCUT2D eigenvalue weighted by Gasteiger charge is 2.26. The van der Waals surface area contributed by atoms with Gasteiger partial charge in [-0.25, -0.2) is 0 Å². The number of amides is 1. The SMILES string of the molecule is CC(C)CN(C)C(=O)[C@H]1CCN[C@@H](C)C1.Cl. The van der Waals surface area contributed by atoms with Crippen LogP contribution in [0.1, 0.15) is 33.6 Å². The van der Waals surface area contributed by atoms with Crippen LogP contribution in [0.25, 0.3) is 0 Å². The summed E-state index contributed by atoms with van der Waals surface area (Å²) < 4.78 is 0. The summed E-state index contributed by atoms with van der Waals surface area (Å²) in [5.74, 6) is 1.13. The number of carbonyl (C=O) groups is 1. The van der Waals surface area contributed by atoms with Gasteiger partial charge in [-0.1, -0.05) is 13.8 Å². The molecular weight excluding hydrogens is 224 g/mol. The van der Waals surface area contributed by atoms with Gasteiger partial charge in [0.15, 0.2) is 0 Å². The van der Waals surface area contributed by atoms with E-state index in [1.807, 2.05) is 11.9 Å². The van der Waals surface area contributed by atoms with E-state index in [1.54, 1.807) is 0 Å². The topological polar surface area (TPSA) is 32.3 Å². The van der Waals surface area contributed by atoms with Gasteiger partial charge in [0.25, 0.3) is 0 Å². The predicted octanol–water partition coefficient (Wildman–Crippen LogP) is 1.91. The van der Waals surface area contributed by atoms with Gasteiger partial charge in [-0.05, 0) is 32.2 Å². The summed E-state index contributed by atoms with van der Waals surface area (Å²) in [6, 6.07) is 0.486. The Bertz CT molecular complexity index is 221. The molecule has 1 fully saturated rings. The Labute approximate surface area is 105 Å². The smallest absolute Gasteiger partial charge is 0.225 e. The molecule has 2 atom stereocenters. The maximum atomic E-state index is 12.1. The van der Waals surface area contributed by atoms with E-state index in [4.69, 9.17) is 0 Å². The molecule has 0 bridgehead atoms. The summed E-state index contributed by atoms with van der Waals surface area (Å²) in [5, 5.41) is 3.38. The fourth-order valence-corrected chi connectivity index (χ4v) is 2.31. The van der Waals surface area contributed by atoms with Crippen molar-refractivity contribution in [1.82, 2.24) is 10.2 Å². The van der Waals surface area contributed by atoms with Crippen LogP contribution in [0.2, 0.25) is 0 Å². The van der Waals surface area contributed by atoms with Gasteiger partial charge < -0.3 is 10.2 Å². The maximum absolute atomic E-state index is 12.1. The van der Waals surface area contributed by atoms with E-state index in [2.05, 4.69) is 26.1 Å². The van der Waals surface area contributed by atoms with Crippen LogP contribution in [0, 0.1) is 11.8 Å². The molecule has 1 aliphatic heterocycles. The lowest BCUT2D eigenvalue weighted by atomic mass is 9.92. The van der Waals surface area contributed by atoms with E-state index < -0.39 is 0 Å². The quantitative estimate of drug-likeness (QED) is 0.828. The summed E-state index contributed by atoms with van der Waals surface area (Å²) in [6.07, 6.45) is 1.98. The van der Waals surface area contributed by atoms with E-state index in [9.17, 15) is 4.79 Å². The van der Waals surface area contributed by atoms with Crippen molar-refractivity contribution < 1.29 is 4.79 Å². The van der Waals surface area contributed by atoms with E-state index >= 15 is 0 Å². The zero-order chi connectivity index (χ0) is 11.4. The van der Waals surface area contributed by atoms with Gasteiger partial charge in [-0.15, -0.1) is 12.4 Å². The molecule has 0 aromatic rings. The predicted molar refractivity (Wildman–Crippen MR) is 69.9 cm³/mol. The third-order valence-electron chi connectivity index (χ3n) is 2.99. The Kier molecular flexibility index (Phi) is 7.00. The summed E-state index contributed by atoms with van der Waals surface area (Å²) in [6.45, 7) is 8.30. The first-order valence-electron chi connectivity index (χ1n) is 5.99. The van der Waals surface area contributed by atoms with Gasteiger partial charge in [-0.3, -0.25) is 4.79 Å². The van der Waals surface area contributed by atoms with Crippen molar-refractivity contribution in [3.8, 4) is 0 Å². The van der Waals surface area contributed by atoms with Crippen molar-refractivity contribution in [1.29, 1.82) is 0 Å². The molecule has 1 aliphatic rings. The molecular formula is C12H25ClN2O. The zero-order valence-electron chi connectivity index (χ0n) is 10.8. The van der Waals surface area contributed by atoms with E-state index in [0.29, 0.717) is 17.9 Å². The lowest BCUT2D eigenvalue weighted by Gasteiger charge is -2.31. The van der Waals surface area contributed by atoms with Crippen molar-refractivity contribution >= 4 is 18.3 Å². The zero-order valence-corrected chi connectivity index (χ0v) is 11.6. The number of nitrogens with one attached hydrogen (secondary N) is 1. The minimum Gasteiger partial charge on any atom is -0.345 e. The van der Waals surface area contributed by atoms with Crippen LogP contribution in [0.15, 0.2) is 0 Å². The number of rotatable bonds is 3. The van der Waals surface area contributed by atoms with E-state index in [1.165, 1.54) is 0 Å². The normalized spacial score (nSPS) is 25.1. The van der Waals surface area contributed by atoms with E-state index in [-0.39, 0.29) is 18.3 Å². The molecule has 3 nitrogen and oxygen atoms in total. The number of carbonyl (C=O) groups excluding carboxylic acids is 1. The van der Waals surface area contributed by atoms with Gasteiger partial charge in [-0.2, -0.15) is 0 Å². The van der Waals surface area contributed by atoms with Gasteiger partial charge >= 0.3 is 0 Å². The number of hydrogen-bond donors (Lipinski definition) is 1. The summed E-state index contributed by atoms with van der Waals surface area (Å²) in [7, 11) is 1.93. The molecule has 1 amide bonds. The number of piperidine rings is 1. The third kappa shape index (κ3) is 4.71. The molecule has 0 aromatic heterocycles. The molecule has 16 heavy (non-hydrogen) atoms. The van der Waals surface area contributed by atoms with Crippen LogP contribution >= 0.6 is 12.4 Å². The third-order valence-corrected chi connectivity index (χ3v) is 2.99. The minimum absolute atomic E-state index is 0. The second kappa shape index (κ2) is 7.13. The highest BCUT2D eigenvalue weighted by atomic mass is 35.5. The van der Waals surface area contributed by atoms with Crippen LogP contribution < -0.4 is 5.32 Å². The number of nitrogens with zero attached hydrogens (tertiary/aromatic N) is 1. The van der Waals surface area contributed by atoms with Crippen molar-refractivity contribution in [2.45, 2.75) is 39.7 Å². The summed E-state index contributed by atoms with van der Waals surface area (Å²) in [4.78, 5) is 14.0.